The number of hydrogen-bond donors (Lipinski definition) is 1. The van der Waals surface area contributed by atoms with Gasteiger partial charge in [0.05, 0.1) is 32.8 Å². The van der Waals surface area contributed by atoms with Crippen LogP contribution in [0.2, 0.25) is 0 Å². The van der Waals surface area contributed by atoms with Crippen molar-refractivity contribution in [3.05, 3.63) is 59.4 Å². The number of imidazole rings is 1. The van der Waals surface area contributed by atoms with Crippen molar-refractivity contribution in [2.45, 2.75) is 19.4 Å². The maximum absolute atomic E-state index is 12.2. The Bertz CT molecular complexity index is 1020. The van der Waals surface area contributed by atoms with Crippen molar-refractivity contribution in [3.63, 3.8) is 0 Å². The number of rotatable bonds is 5. The molecule has 1 N–H and O–H groups in total. The van der Waals surface area contributed by atoms with E-state index in [1.54, 1.807) is 11.3 Å². The molecule has 0 radical (unpaired) electrons. The molecule has 4 aromatic rings. The molecule has 6 heteroatoms. The van der Waals surface area contributed by atoms with Crippen LogP contribution >= 0.6 is 11.3 Å². The summed E-state index contributed by atoms with van der Waals surface area (Å²) in [5.74, 6) is 0.876. The van der Waals surface area contributed by atoms with Crippen molar-refractivity contribution >= 4 is 38.5 Å². The van der Waals surface area contributed by atoms with Crippen LogP contribution in [-0.2, 0) is 24.8 Å². The van der Waals surface area contributed by atoms with Crippen LogP contribution in [-0.4, -0.2) is 20.4 Å². The number of nitrogens with one attached hydrogen (secondary N) is 1. The number of fused-ring (bicyclic) bond motifs is 2. The van der Waals surface area contributed by atoms with Gasteiger partial charge in [-0.3, -0.25) is 4.79 Å². The van der Waals surface area contributed by atoms with E-state index in [0.29, 0.717) is 19.4 Å². The molecule has 0 aliphatic heterocycles. The zero-order valence-electron chi connectivity index (χ0n) is 13.9. The Balaban J connectivity index is 1.36. The van der Waals surface area contributed by atoms with Gasteiger partial charge in [-0.1, -0.05) is 24.3 Å². The maximum Gasteiger partial charge on any atom is 0.220 e. The highest BCUT2D eigenvalue weighted by molar-refractivity contribution is 7.18. The predicted octanol–water partition coefficient (Wildman–Crippen LogP) is 3.43. The highest BCUT2D eigenvalue weighted by Gasteiger charge is 2.10. The number of nitrogens with zero attached hydrogens (tertiary/aromatic N) is 3. The first-order valence-electron chi connectivity index (χ1n) is 8.22. The molecular formula is C19H18N4OS. The van der Waals surface area contributed by atoms with E-state index in [1.807, 2.05) is 54.1 Å². The van der Waals surface area contributed by atoms with E-state index in [-0.39, 0.29) is 5.91 Å². The van der Waals surface area contributed by atoms with Gasteiger partial charge in [0.1, 0.15) is 5.82 Å². The summed E-state index contributed by atoms with van der Waals surface area (Å²) in [5, 5.41) is 3.96. The Hall–Kier alpha value is -2.73. The van der Waals surface area contributed by atoms with Crippen LogP contribution in [0.15, 0.2) is 48.5 Å². The largest absolute Gasteiger partial charge is 0.349 e. The molecule has 0 spiro atoms. The third-order valence-electron chi connectivity index (χ3n) is 4.23. The van der Waals surface area contributed by atoms with Crippen LogP contribution in [0.4, 0.5) is 0 Å². The predicted molar refractivity (Wildman–Crippen MR) is 101 cm³/mol. The summed E-state index contributed by atoms with van der Waals surface area (Å²) in [6, 6.07) is 16.0. The Morgan fingerprint density at radius 2 is 1.84 bits per heavy atom. The summed E-state index contributed by atoms with van der Waals surface area (Å²) in [4.78, 5) is 21.3. The van der Waals surface area contributed by atoms with Crippen LogP contribution in [0.25, 0.3) is 21.3 Å². The summed E-state index contributed by atoms with van der Waals surface area (Å²) >= 11 is 1.65. The number of para-hydroxylation sites is 3. The topological polar surface area (TPSA) is 59.8 Å². The fourth-order valence-electron chi connectivity index (χ4n) is 2.87. The zero-order valence-corrected chi connectivity index (χ0v) is 14.7. The maximum atomic E-state index is 12.2. The lowest BCUT2D eigenvalue weighted by molar-refractivity contribution is -0.121. The molecule has 5 nitrogen and oxygen atoms in total. The van der Waals surface area contributed by atoms with E-state index in [1.165, 1.54) is 0 Å². The van der Waals surface area contributed by atoms with Gasteiger partial charge in [0.15, 0.2) is 0 Å². The molecule has 0 saturated carbocycles. The summed E-state index contributed by atoms with van der Waals surface area (Å²) in [6.45, 7) is 0.434. The molecule has 1 amide bonds. The van der Waals surface area contributed by atoms with Crippen LogP contribution in [0.1, 0.15) is 17.3 Å². The van der Waals surface area contributed by atoms with Gasteiger partial charge in [-0.25, -0.2) is 9.97 Å². The minimum atomic E-state index is 0.0197. The van der Waals surface area contributed by atoms with Crippen molar-refractivity contribution in [1.29, 1.82) is 0 Å². The minimum absolute atomic E-state index is 0.0197. The fraction of sp³-hybridized carbons (Fsp3) is 0.211. The second-order valence-corrected chi connectivity index (χ2v) is 7.04. The Morgan fingerprint density at radius 1 is 1.08 bits per heavy atom. The lowest BCUT2D eigenvalue weighted by Crippen LogP contribution is -2.24. The molecule has 0 atom stereocenters. The summed E-state index contributed by atoms with van der Waals surface area (Å²) in [7, 11) is 1.97. The van der Waals surface area contributed by atoms with Crippen molar-refractivity contribution < 1.29 is 4.79 Å². The highest BCUT2D eigenvalue weighted by atomic mass is 32.1. The van der Waals surface area contributed by atoms with Gasteiger partial charge in [-0.2, -0.15) is 0 Å². The molecule has 2 heterocycles. The summed E-state index contributed by atoms with van der Waals surface area (Å²) in [5.41, 5.74) is 3.02. The van der Waals surface area contributed by atoms with Crippen molar-refractivity contribution in [3.8, 4) is 0 Å². The average Bonchev–Trinajstić information content (AvgIpc) is 3.19. The van der Waals surface area contributed by atoms with Crippen LogP contribution < -0.4 is 5.32 Å². The number of thiazole rings is 1. The first kappa shape index (κ1) is 15.8. The SMILES string of the molecule is Cn1c(CNC(=O)CCc2nc3ccccc3s2)nc2ccccc21. The van der Waals surface area contributed by atoms with Crippen molar-refractivity contribution in [1.82, 2.24) is 19.9 Å². The highest BCUT2D eigenvalue weighted by Crippen LogP contribution is 2.22. The van der Waals surface area contributed by atoms with Crippen molar-refractivity contribution in [2.75, 3.05) is 0 Å². The molecule has 0 aliphatic carbocycles. The summed E-state index contributed by atoms with van der Waals surface area (Å²) < 4.78 is 3.18. The lowest BCUT2D eigenvalue weighted by atomic mass is 10.3. The second kappa shape index (κ2) is 6.64. The van der Waals surface area contributed by atoms with Gasteiger partial charge in [0.25, 0.3) is 0 Å². The van der Waals surface area contributed by atoms with Crippen LogP contribution in [0.5, 0.6) is 0 Å². The first-order chi connectivity index (χ1) is 12.2. The van der Waals surface area contributed by atoms with Crippen LogP contribution in [0, 0.1) is 0 Å². The Morgan fingerprint density at radius 3 is 2.64 bits per heavy atom. The molecule has 4 rings (SSSR count). The molecule has 0 fully saturated rings. The number of aryl methyl sites for hydroxylation is 2. The smallest absolute Gasteiger partial charge is 0.220 e. The molecule has 126 valence electrons. The molecule has 25 heavy (non-hydrogen) atoms. The molecule has 0 saturated heterocycles. The fourth-order valence-corrected chi connectivity index (χ4v) is 3.83. The van der Waals surface area contributed by atoms with E-state index in [2.05, 4.69) is 21.4 Å². The second-order valence-electron chi connectivity index (χ2n) is 5.93. The molecule has 0 unspecified atom stereocenters. The van der Waals surface area contributed by atoms with Gasteiger partial charge in [0.2, 0.25) is 5.91 Å². The molecule has 2 aromatic carbocycles. The molecule has 0 aliphatic rings. The standard InChI is InChI=1S/C19H18N4OS/c1-23-15-8-4-2-6-13(15)21-17(23)12-20-18(24)10-11-19-22-14-7-3-5-9-16(14)25-19/h2-9H,10-12H2,1H3,(H,20,24). The molecule has 0 bridgehead atoms. The minimum Gasteiger partial charge on any atom is -0.349 e. The number of carbonyl (C=O) groups is 1. The van der Waals surface area contributed by atoms with Crippen molar-refractivity contribution in [2.24, 2.45) is 7.05 Å². The molecular weight excluding hydrogens is 332 g/mol. The van der Waals surface area contributed by atoms with Gasteiger partial charge in [0, 0.05) is 19.9 Å². The van der Waals surface area contributed by atoms with E-state index in [4.69, 9.17) is 0 Å². The van der Waals surface area contributed by atoms with Gasteiger partial charge in [-0.15, -0.1) is 11.3 Å². The third kappa shape index (κ3) is 3.25. The normalized spacial score (nSPS) is 11.2. The van der Waals surface area contributed by atoms with E-state index >= 15 is 0 Å². The number of benzene rings is 2. The Kier molecular flexibility index (Phi) is 4.19. The van der Waals surface area contributed by atoms with Crippen LogP contribution in [0.3, 0.4) is 0 Å². The van der Waals surface area contributed by atoms with Gasteiger partial charge in [-0.05, 0) is 24.3 Å². The van der Waals surface area contributed by atoms with E-state index < -0.39 is 0 Å². The lowest BCUT2D eigenvalue weighted by Gasteiger charge is -2.05. The number of aromatic nitrogens is 3. The average molecular weight is 350 g/mol. The third-order valence-corrected chi connectivity index (χ3v) is 5.32. The number of hydrogen-bond acceptors (Lipinski definition) is 4. The van der Waals surface area contributed by atoms with E-state index in [0.717, 1.165) is 32.1 Å². The first-order valence-corrected chi connectivity index (χ1v) is 9.04. The summed E-state index contributed by atoms with van der Waals surface area (Å²) in [6.07, 6.45) is 1.09. The quantitative estimate of drug-likeness (QED) is 0.600. The van der Waals surface area contributed by atoms with E-state index in [9.17, 15) is 4.79 Å². The number of amides is 1. The Labute approximate surface area is 149 Å². The molecule has 2 aromatic heterocycles. The zero-order chi connectivity index (χ0) is 17.2. The number of carbonyl (C=O) groups excluding carboxylic acids is 1. The van der Waals surface area contributed by atoms with Gasteiger partial charge < -0.3 is 9.88 Å². The monoisotopic (exact) mass is 350 g/mol. The van der Waals surface area contributed by atoms with Gasteiger partial charge >= 0.3 is 0 Å².